The zero-order valence-corrected chi connectivity index (χ0v) is 19.6. The number of hydrogen-bond donors (Lipinski definition) is 0. The molecule has 7 heteroatoms. The number of ketones is 1. The summed E-state index contributed by atoms with van der Waals surface area (Å²) in [4.78, 5) is 26.5. The SMILES string of the molecule is CCCCCCOC(=O)C(C(=O)c1c(OC)cccc1OC)C1CCCCC1.O=[PH2+]. The molecule has 168 valence electrons. The van der Waals surface area contributed by atoms with Crippen molar-refractivity contribution in [2.45, 2.75) is 64.7 Å². The molecule has 0 N–H and O–H groups in total. The maximum absolute atomic E-state index is 13.5. The Hall–Kier alpha value is -1.94. The van der Waals surface area contributed by atoms with E-state index in [2.05, 4.69) is 6.92 Å². The zero-order chi connectivity index (χ0) is 22.4. The van der Waals surface area contributed by atoms with Gasteiger partial charge in [-0.3, -0.25) is 9.59 Å². The van der Waals surface area contributed by atoms with Crippen molar-refractivity contribution in [1.82, 2.24) is 0 Å². The van der Waals surface area contributed by atoms with Crippen molar-refractivity contribution >= 4 is 20.9 Å². The fourth-order valence-corrected chi connectivity index (χ4v) is 4.02. The molecule has 0 spiro atoms. The summed E-state index contributed by atoms with van der Waals surface area (Å²) in [6.07, 6.45) is 9.11. The molecule has 2 unspecified atom stereocenters. The Labute approximate surface area is 182 Å². The Bertz CT molecular complexity index is 635. The molecular formula is C23H36O6P+. The smallest absolute Gasteiger partial charge is 0.317 e. The Balaban J connectivity index is 0.00000218. The molecule has 1 saturated carbocycles. The summed E-state index contributed by atoms with van der Waals surface area (Å²) in [6.45, 7) is 2.52. The van der Waals surface area contributed by atoms with Crippen molar-refractivity contribution in [2.75, 3.05) is 20.8 Å². The van der Waals surface area contributed by atoms with E-state index in [4.69, 9.17) is 18.8 Å². The molecule has 0 aromatic heterocycles. The third-order valence-electron chi connectivity index (χ3n) is 5.57. The first-order chi connectivity index (χ1) is 14.6. The number of hydrogen-bond acceptors (Lipinski definition) is 6. The highest BCUT2D eigenvalue weighted by molar-refractivity contribution is 7.00. The number of carbonyl (C=O) groups is 2. The minimum atomic E-state index is -0.795. The first-order valence-electron chi connectivity index (χ1n) is 10.8. The number of rotatable bonds is 11. The largest absolute Gasteiger partial charge is 0.496 e. The number of benzene rings is 1. The van der Waals surface area contributed by atoms with Crippen LogP contribution in [0.5, 0.6) is 11.5 Å². The molecule has 1 aromatic carbocycles. The standard InChI is InChI=1S/C23H34O5.H2OP/c1-4-5-6-10-16-28-23(25)20(17-12-8-7-9-13-17)22(24)21-18(26-2)14-11-15-19(21)27-3;1-2/h11,14-15,17,20H,4-10,12-13,16H2,1-3H3;2H2/q;+1. The summed E-state index contributed by atoms with van der Waals surface area (Å²) in [5.74, 6) is -0.571. The molecule has 0 bridgehead atoms. The molecule has 1 aromatic rings. The summed E-state index contributed by atoms with van der Waals surface area (Å²) in [7, 11) is 4.21. The van der Waals surface area contributed by atoms with Crippen LogP contribution in [0.4, 0.5) is 0 Å². The molecule has 1 aliphatic rings. The fourth-order valence-electron chi connectivity index (χ4n) is 4.02. The van der Waals surface area contributed by atoms with Gasteiger partial charge >= 0.3 is 15.1 Å². The van der Waals surface area contributed by atoms with Crippen LogP contribution < -0.4 is 9.47 Å². The fraction of sp³-hybridized carbons (Fsp3) is 0.652. The van der Waals surface area contributed by atoms with Crippen molar-refractivity contribution in [2.24, 2.45) is 11.8 Å². The summed E-state index contributed by atoms with van der Waals surface area (Å²) < 4.78 is 24.5. The Morgan fingerprint density at radius 3 is 2.13 bits per heavy atom. The number of esters is 1. The van der Waals surface area contributed by atoms with E-state index in [9.17, 15) is 9.59 Å². The quantitative estimate of drug-likeness (QED) is 0.151. The van der Waals surface area contributed by atoms with Crippen LogP contribution in [0, 0.1) is 11.8 Å². The molecule has 0 amide bonds. The van der Waals surface area contributed by atoms with Gasteiger partial charge in [0.05, 0.1) is 20.8 Å². The highest BCUT2D eigenvalue weighted by atomic mass is 31.0. The third kappa shape index (κ3) is 7.39. The van der Waals surface area contributed by atoms with Gasteiger partial charge in [0, 0.05) is 0 Å². The van der Waals surface area contributed by atoms with Crippen molar-refractivity contribution in [3.05, 3.63) is 23.8 Å². The van der Waals surface area contributed by atoms with Crippen LogP contribution in [0.2, 0.25) is 0 Å². The highest BCUT2D eigenvalue weighted by Crippen LogP contribution is 2.37. The molecule has 0 aliphatic heterocycles. The van der Waals surface area contributed by atoms with E-state index < -0.39 is 11.9 Å². The Morgan fingerprint density at radius 1 is 1.00 bits per heavy atom. The summed E-state index contributed by atoms with van der Waals surface area (Å²) in [6, 6.07) is 5.23. The predicted octanol–water partition coefficient (Wildman–Crippen LogP) is 5.41. The molecule has 30 heavy (non-hydrogen) atoms. The summed E-state index contributed by atoms with van der Waals surface area (Å²) in [5.41, 5.74) is 0.339. The molecule has 0 radical (unpaired) electrons. The lowest BCUT2D eigenvalue weighted by Crippen LogP contribution is -2.35. The van der Waals surface area contributed by atoms with E-state index in [1.165, 1.54) is 23.3 Å². The zero-order valence-electron chi connectivity index (χ0n) is 18.5. The average molecular weight is 440 g/mol. The van der Waals surface area contributed by atoms with E-state index in [0.717, 1.165) is 57.8 Å². The topological polar surface area (TPSA) is 78.9 Å². The number of Topliss-reactive ketones (excluding diaryl/α,β-unsaturated/α-hetero) is 1. The van der Waals surface area contributed by atoms with Crippen LogP contribution in [0.1, 0.15) is 75.1 Å². The second-order valence-electron chi connectivity index (χ2n) is 7.51. The van der Waals surface area contributed by atoms with Gasteiger partial charge in [0.25, 0.3) is 0 Å². The van der Waals surface area contributed by atoms with E-state index in [1.54, 1.807) is 18.2 Å². The van der Waals surface area contributed by atoms with Gasteiger partial charge in [0.15, 0.2) is 5.78 Å². The number of methoxy groups -OCH3 is 2. The maximum atomic E-state index is 13.5. The van der Waals surface area contributed by atoms with Gasteiger partial charge in [-0.15, -0.1) is 0 Å². The van der Waals surface area contributed by atoms with Gasteiger partial charge in [0.1, 0.15) is 23.0 Å². The number of carbonyl (C=O) groups excluding carboxylic acids is 2. The van der Waals surface area contributed by atoms with Crippen LogP contribution in [0.15, 0.2) is 18.2 Å². The van der Waals surface area contributed by atoms with Gasteiger partial charge in [-0.1, -0.05) is 56.1 Å². The third-order valence-corrected chi connectivity index (χ3v) is 5.57. The van der Waals surface area contributed by atoms with Crippen molar-refractivity contribution < 1.29 is 28.4 Å². The number of ether oxygens (including phenoxy) is 3. The van der Waals surface area contributed by atoms with Crippen LogP contribution in [-0.4, -0.2) is 32.6 Å². The summed E-state index contributed by atoms with van der Waals surface area (Å²) >= 11 is 0. The molecular weight excluding hydrogens is 403 g/mol. The normalized spacial score (nSPS) is 14.8. The van der Waals surface area contributed by atoms with E-state index >= 15 is 0 Å². The van der Waals surface area contributed by atoms with Gasteiger partial charge in [-0.25, -0.2) is 0 Å². The minimum Gasteiger partial charge on any atom is -0.496 e. The first-order valence-corrected chi connectivity index (χ1v) is 11.3. The molecule has 6 nitrogen and oxygen atoms in total. The van der Waals surface area contributed by atoms with E-state index in [-0.39, 0.29) is 11.7 Å². The van der Waals surface area contributed by atoms with Crippen molar-refractivity contribution in [3.63, 3.8) is 0 Å². The lowest BCUT2D eigenvalue weighted by Gasteiger charge is -2.28. The van der Waals surface area contributed by atoms with Crippen LogP contribution in [0.3, 0.4) is 0 Å². The molecule has 2 rings (SSSR count). The average Bonchev–Trinajstić information content (AvgIpc) is 2.80. The van der Waals surface area contributed by atoms with Gasteiger partial charge in [0.2, 0.25) is 0 Å². The first kappa shape index (κ1) is 26.1. The van der Waals surface area contributed by atoms with E-state index in [1.807, 2.05) is 0 Å². The summed E-state index contributed by atoms with van der Waals surface area (Å²) in [5, 5.41) is 0. The minimum absolute atomic E-state index is 0.0130. The maximum Gasteiger partial charge on any atom is 0.317 e. The predicted molar refractivity (Wildman–Crippen MR) is 119 cm³/mol. The molecule has 1 aliphatic carbocycles. The molecule has 1 fully saturated rings. The van der Waals surface area contributed by atoms with E-state index in [0.29, 0.717) is 23.7 Å². The van der Waals surface area contributed by atoms with Gasteiger partial charge < -0.3 is 14.2 Å². The Kier molecular flexibility index (Phi) is 13.0. The second kappa shape index (κ2) is 15.0. The highest BCUT2D eigenvalue weighted by Gasteiger charge is 2.39. The van der Waals surface area contributed by atoms with Crippen LogP contribution in [0.25, 0.3) is 0 Å². The molecule has 0 heterocycles. The Morgan fingerprint density at radius 2 is 1.60 bits per heavy atom. The van der Waals surface area contributed by atoms with Crippen molar-refractivity contribution in [1.29, 1.82) is 0 Å². The lowest BCUT2D eigenvalue weighted by atomic mass is 9.76. The number of unbranched alkanes of at least 4 members (excludes halogenated alkanes) is 3. The lowest BCUT2D eigenvalue weighted by molar-refractivity contribution is -0.149. The second-order valence-corrected chi connectivity index (χ2v) is 7.51. The monoisotopic (exact) mass is 439 g/mol. The van der Waals surface area contributed by atoms with Gasteiger partial charge in [-0.05, 0) is 37.3 Å². The van der Waals surface area contributed by atoms with Gasteiger partial charge in [-0.2, -0.15) is 0 Å². The van der Waals surface area contributed by atoms with Crippen molar-refractivity contribution in [3.8, 4) is 11.5 Å². The molecule has 2 atom stereocenters. The molecule has 0 saturated heterocycles. The van der Waals surface area contributed by atoms with Crippen LogP contribution in [-0.2, 0) is 14.1 Å². The van der Waals surface area contributed by atoms with Crippen LogP contribution >= 0.6 is 9.12 Å².